The largest absolute Gasteiger partial charge is 0.480 e. The van der Waals surface area contributed by atoms with Crippen molar-refractivity contribution in [3.63, 3.8) is 0 Å². The molecule has 1 heterocycles. The van der Waals surface area contributed by atoms with Crippen molar-refractivity contribution in [3.8, 4) is 0 Å². The Hall–Kier alpha value is -0.650. The fraction of sp³-hybridized carbons (Fsp3) is 0.889. The van der Waals surface area contributed by atoms with E-state index in [9.17, 15) is 4.79 Å². The lowest BCUT2D eigenvalue weighted by Gasteiger charge is -2.27. The van der Waals surface area contributed by atoms with E-state index in [1.807, 2.05) is 6.92 Å². The second-order valence-corrected chi connectivity index (χ2v) is 3.72. The lowest BCUT2D eigenvalue weighted by molar-refractivity contribution is -0.139. The van der Waals surface area contributed by atoms with E-state index in [1.165, 1.54) is 0 Å². The maximum atomic E-state index is 10.6. The number of hydrogen-bond donors (Lipinski definition) is 2. The van der Waals surface area contributed by atoms with Crippen molar-refractivity contribution >= 4 is 5.97 Å². The zero-order chi connectivity index (χ0) is 10.6. The zero-order valence-electron chi connectivity index (χ0n) is 8.48. The van der Waals surface area contributed by atoms with Crippen LogP contribution in [0, 0.1) is 0 Å². The summed E-state index contributed by atoms with van der Waals surface area (Å²) in [5, 5.41) is 8.69. The standard InChI is InChI=1S/C9H18N2O3/c1-7-6-14-4-2-3-11(7)5-8(10)9(12)13/h7-8H,2-6,10H2,1H3,(H,12,13). The van der Waals surface area contributed by atoms with Gasteiger partial charge < -0.3 is 15.6 Å². The Morgan fingerprint density at radius 1 is 1.79 bits per heavy atom. The molecule has 5 nitrogen and oxygen atoms in total. The van der Waals surface area contributed by atoms with E-state index < -0.39 is 12.0 Å². The molecule has 82 valence electrons. The molecule has 3 N–H and O–H groups in total. The molecule has 1 aliphatic heterocycles. The van der Waals surface area contributed by atoms with Crippen molar-refractivity contribution in [2.24, 2.45) is 5.73 Å². The molecule has 14 heavy (non-hydrogen) atoms. The van der Waals surface area contributed by atoms with E-state index in [4.69, 9.17) is 15.6 Å². The average Bonchev–Trinajstić information content (AvgIpc) is 2.32. The quantitative estimate of drug-likeness (QED) is 0.646. The molecular formula is C9H18N2O3. The summed E-state index contributed by atoms with van der Waals surface area (Å²) >= 11 is 0. The van der Waals surface area contributed by atoms with Crippen molar-refractivity contribution in [2.45, 2.75) is 25.4 Å². The Labute approximate surface area is 83.8 Å². The number of nitrogens with two attached hydrogens (primary N) is 1. The van der Waals surface area contributed by atoms with Gasteiger partial charge in [0.2, 0.25) is 0 Å². The molecule has 0 aromatic rings. The predicted octanol–water partition coefficient (Wildman–Crippen LogP) is -0.491. The van der Waals surface area contributed by atoms with E-state index in [0.717, 1.165) is 19.6 Å². The third-order valence-corrected chi connectivity index (χ3v) is 2.46. The van der Waals surface area contributed by atoms with Crippen LogP contribution in [0.25, 0.3) is 0 Å². The fourth-order valence-corrected chi connectivity index (χ4v) is 1.55. The maximum Gasteiger partial charge on any atom is 0.321 e. The average molecular weight is 202 g/mol. The first-order valence-corrected chi connectivity index (χ1v) is 4.91. The Morgan fingerprint density at radius 2 is 2.50 bits per heavy atom. The Morgan fingerprint density at radius 3 is 3.14 bits per heavy atom. The molecule has 0 spiro atoms. The molecule has 0 amide bonds. The van der Waals surface area contributed by atoms with Gasteiger partial charge in [0.1, 0.15) is 6.04 Å². The van der Waals surface area contributed by atoms with Crippen LogP contribution in [0.5, 0.6) is 0 Å². The molecule has 0 aromatic heterocycles. The van der Waals surface area contributed by atoms with Gasteiger partial charge >= 0.3 is 5.97 Å². The summed E-state index contributed by atoms with van der Waals surface area (Å²) in [5.74, 6) is -0.942. The molecule has 0 bridgehead atoms. The third kappa shape index (κ3) is 3.25. The van der Waals surface area contributed by atoms with Crippen LogP contribution >= 0.6 is 0 Å². The van der Waals surface area contributed by atoms with E-state index in [0.29, 0.717) is 13.2 Å². The van der Waals surface area contributed by atoms with Gasteiger partial charge in [-0.1, -0.05) is 0 Å². The van der Waals surface area contributed by atoms with Gasteiger partial charge in [-0.05, 0) is 13.3 Å². The van der Waals surface area contributed by atoms with Crippen LogP contribution in [0.2, 0.25) is 0 Å². The van der Waals surface area contributed by atoms with Crippen molar-refractivity contribution in [2.75, 3.05) is 26.3 Å². The van der Waals surface area contributed by atoms with Crippen LogP contribution in [-0.4, -0.2) is 54.4 Å². The second kappa shape index (κ2) is 5.29. The number of carboxylic acid groups (broad SMARTS) is 1. The molecule has 1 rings (SSSR count). The number of hydrogen-bond acceptors (Lipinski definition) is 4. The lowest BCUT2D eigenvalue weighted by Crippen LogP contribution is -2.46. The van der Waals surface area contributed by atoms with E-state index in [-0.39, 0.29) is 6.04 Å². The SMILES string of the molecule is CC1COCCCN1CC(N)C(=O)O. The van der Waals surface area contributed by atoms with Crippen LogP contribution < -0.4 is 5.73 Å². The van der Waals surface area contributed by atoms with Gasteiger partial charge in [-0.2, -0.15) is 0 Å². The summed E-state index contributed by atoms with van der Waals surface area (Å²) in [7, 11) is 0. The van der Waals surface area contributed by atoms with Crippen LogP contribution in [0.3, 0.4) is 0 Å². The van der Waals surface area contributed by atoms with E-state index in [2.05, 4.69) is 4.90 Å². The maximum absolute atomic E-state index is 10.6. The lowest BCUT2D eigenvalue weighted by atomic mass is 10.2. The van der Waals surface area contributed by atoms with Gasteiger partial charge in [0.15, 0.2) is 0 Å². The molecule has 0 aliphatic carbocycles. The van der Waals surface area contributed by atoms with Crippen molar-refractivity contribution in [1.82, 2.24) is 4.90 Å². The normalized spacial score (nSPS) is 26.9. The highest BCUT2D eigenvalue weighted by molar-refractivity contribution is 5.73. The fourth-order valence-electron chi connectivity index (χ4n) is 1.55. The number of nitrogens with zero attached hydrogens (tertiary/aromatic N) is 1. The van der Waals surface area contributed by atoms with Crippen LogP contribution in [0.4, 0.5) is 0 Å². The minimum Gasteiger partial charge on any atom is -0.480 e. The Balaban J connectivity index is 2.43. The van der Waals surface area contributed by atoms with Gasteiger partial charge in [0, 0.05) is 25.7 Å². The molecule has 1 fully saturated rings. The molecule has 2 atom stereocenters. The summed E-state index contributed by atoms with van der Waals surface area (Å²) < 4.78 is 5.35. The monoisotopic (exact) mass is 202 g/mol. The van der Waals surface area contributed by atoms with Crippen LogP contribution in [-0.2, 0) is 9.53 Å². The van der Waals surface area contributed by atoms with Crippen LogP contribution in [0.1, 0.15) is 13.3 Å². The van der Waals surface area contributed by atoms with E-state index >= 15 is 0 Å². The molecule has 1 saturated heterocycles. The molecule has 0 radical (unpaired) electrons. The smallest absolute Gasteiger partial charge is 0.321 e. The molecule has 2 unspecified atom stereocenters. The molecular weight excluding hydrogens is 184 g/mol. The Kier molecular flexibility index (Phi) is 4.31. The van der Waals surface area contributed by atoms with E-state index in [1.54, 1.807) is 0 Å². The topological polar surface area (TPSA) is 75.8 Å². The van der Waals surface area contributed by atoms with Crippen molar-refractivity contribution in [1.29, 1.82) is 0 Å². The molecule has 0 aromatic carbocycles. The number of aliphatic carboxylic acids is 1. The van der Waals surface area contributed by atoms with Crippen LogP contribution in [0.15, 0.2) is 0 Å². The van der Waals surface area contributed by atoms with Gasteiger partial charge in [-0.25, -0.2) is 0 Å². The first-order valence-electron chi connectivity index (χ1n) is 4.91. The number of ether oxygens (including phenoxy) is 1. The third-order valence-electron chi connectivity index (χ3n) is 2.46. The summed E-state index contributed by atoms with van der Waals surface area (Å²) in [6.07, 6.45) is 0.941. The van der Waals surface area contributed by atoms with Gasteiger partial charge in [0.05, 0.1) is 6.61 Å². The number of carbonyl (C=O) groups is 1. The van der Waals surface area contributed by atoms with Gasteiger partial charge in [-0.15, -0.1) is 0 Å². The Bertz CT molecular complexity index is 198. The first kappa shape index (κ1) is 11.4. The highest BCUT2D eigenvalue weighted by Gasteiger charge is 2.22. The summed E-state index contributed by atoms with van der Waals surface area (Å²) in [4.78, 5) is 12.7. The molecule has 1 aliphatic rings. The summed E-state index contributed by atoms with van der Waals surface area (Å²) in [6.45, 7) is 4.71. The van der Waals surface area contributed by atoms with Crippen molar-refractivity contribution in [3.05, 3.63) is 0 Å². The highest BCUT2D eigenvalue weighted by atomic mass is 16.5. The van der Waals surface area contributed by atoms with Crippen molar-refractivity contribution < 1.29 is 14.6 Å². The van der Waals surface area contributed by atoms with Gasteiger partial charge in [0.25, 0.3) is 0 Å². The molecule has 5 heteroatoms. The first-order chi connectivity index (χ1) is 6.61. The molecule has 0 saturated carbocycles. The minimum absolute atomic E-state index is 0.253. The minimum atomic E-state index is -0.942. The second-order valence-electron chi connectivity index (χ2n) is 3.72. The summed E-state index contributed by atoms with van der Waals surface area (Å²) in [5.41, 5.74) is 5.48. The number of rotatable bonds is 3. The number of carboxylic acids is 1. The summed E-state index contributed by atoms with van der Waals surface area (Å²) in [6, 6.07) is -0.543. The van der Waals surface area contributed by atoms with Gasteiger partial charge in [-0.3, -0.25) is 9.69 Å². The zero-order valence-corrected chi connectivity index (χ0v) is 8.48. The predicted molar refractivity (Wildman–Crippen MR) is 52.1 cm³/mol. The highest BCUT2D eigenvalue weighted by Crippen LogP contribution is 2.07.